The third kappa shape index (κ3) is 4.39. The Bertz CT molecular complexity index is 1720. The van der Waals surface area contributed by atoms with Gasteiger partial charge in [-0.05, 0) is 53.9 Å². The monoisotopic (exact) mass is 535 g/mol. The Balaban J connectivity index is 1.35. The molecule has 0 bridgehead atoms. The van der Waals surface area contributed by atoms with E-state index in [1.54, 1.807) is 19.1 Å². The van der Waals surface area contributed by atoms with Gasteiger partial charge in [-0.25, -0.2) is 4.79 Å². The maximum atomic E-state index is 13.6. The molecule has 1 aliphatic carbocycles. The van der Waals surface area contributed by atoms with Gasteiger partial charge in [-0.2, -0.15) is 0 Å². The third-order valence-electron chi connectivity index (χ3n) is 7.24. The molecular formula is C33H26ClNO4. The number of esters is 1. The van der Waals surface area contributed by atoms with Gasteiger partial charge in [0.2, 0.25) is 0 Å². The SMILES string of the molecule is CCOC(=O)C1=C(C)NC2=C(C(=O)c3ccccc32)[C@H]1c1ccc(OCc2ccc3ccccc3c2)c(Cl)c1. The Labute approximate surface area is 231 Å². The Morgan fingerprint density at radius 2 is 1.67 bits per heavy atom. The van der Waals surface area contributed by atoms with Gasteiger partial charge in [0.05, 0.1) is 22.9 Å². The summed E-state index contributed by atoms with van der Waals surface area (Å²) in [5.41, 5.74) is 5.47. The molecule has 39 heavy (non-hydrogen) atoms. The van der Waals surface area contributed by atoms with Gasteiger partial charge in [0.25, 0.3) is 0 Å². The number of dihydropyridines is 1. The van der Waals surface area contributed by atoms with E-state index < -0.39 is 11.9 Å². The highest BCUT2D eigenvalue weighted by Gasteiger charge is 2.43. The number of hydrogen-bond acceptors (Lipinski definition) is 5. The molecule has 1 heterocycles. The number of carbonyl (C=O) groups is 2. The first-order chi connectivity index (χ1) is 19.0. The molecule has 6 heteroatoms. The van der Waals surface area contributed by atoms with Gasteiger partial charge in [0, 0.05) is 28.3 Å². The summed E-state index contributed by atoms with van der Waals surface area (Å²) in [6, 6.07) is 27.3. The molecule has 0 saturated heterocycles. The van der Waals surface area contributed by atoms with Crippen LogP contribution in [0.25, 0.3) is 16.5 Å². The molecule has 2 aliphatic rings. The highest BCUT2D eigenvalue weighted by Crippen LogP contribution is 2.47. The first kappa shape index (κ1) is 25.0. The van der Waals surface area contributed by atoms with Crippen molar-refractivity contribution in [3.63, 3.8) is 0 Å². The minimum absolute atomic E-state index is 0.111. The third-order valence-corrected chi connectivity index (χ3v) is 7.54. The summed E-state index contributed by atoms with van der Waals surface area (Å²) in [5.74, 6) is -0.681. The van der Waals surface area contributed by atoms with E-state index >= 15 is 0 Å². The molecule has 4 aromatic rings. The smallest absolute Gasteiger partial charge is 0.336 e. The van der Waals surface area contributed by atoms with Crippen molar-refractivity contribution >= 4 is 39.8 Å². The number of carbonyl (C=O) groups excluding carboxylic acids is 2. The Morgan fingerprint density at radius 1 is 0.923 bits per heavy atom. The number of benzene rings is 4. The van der Waals surface area contributed by atoms with Gasteiger partial charge in [-0.1, -0.05) is 78.3 Å². The van der Waals surface area contributed by atoms with Crippen molar-refractivity contribution in [3.05, 3.63) is 129 Å². The lowest BCUT2D eigenvalue weighted by molar-refractivity contribution is -0.138. The zero-order chi connectivity index (χ0) is 27.1. The lowest BCUT2D eigenvalue weighted by atomic mass is 9.80. The summed E-state index contributed by atoms with van der Waals surface area (Å²) in [7, 11) is 0. The van der Waals surface area contributed by atoms with Crippen molar-refractivity contribution in [2.24, 2.45) is 0 Å². The van der Waals surface area contributed by atoms with Gasteiger partial charge >= 0.3 is 5.97 Å². The number of halogens is 1. The number of ketones is 1. The molecule has 1 atom stereocenters. The average molecular weight is 536 g/mol. The van der Waals surface area contributed by atoms with Crippen LogP contribution in [-0.4, -0.2) is 18.4 Å². The number of nitrogens with one attached hydrogen (secondary N) is 1. The van der Waals surface area contributed by atoms with Crippen LogP contribution in [0, 0.1) is 0 Å². The van der Waals surface area contributed by atoms with E-state index in [-0.39, 0.29) is 12.4 Å². The zero-order valence-corrected chi connectivity index (χ0v) is 22.3. The van der Waals surface area contributed by atoms with Crippen molar-refractivity contribution in [1.82, 2.24) is 5.32 Å². The van der Waals surface area contributed by atoms with Crippen LogP contribution >= 0.6 is 11.6 Å². The Kier molecular flexibility index (Phi) is 6.45. The predicted octanol–water partition coefficient (Wildman–Crippen LogP) is 7.20. The average Bonchev–Trinajstić information content (AvgIpc) is 3.23. The van der Waals surface area contributed by atoms with Gasteiger partial charge in [0.15, 0.2) is 5.78 Å². The van der Waals surface area contributed by atoms with E-state index in [0.29, 0.717) is 39.8 Å². The quantitative estimate of drug-likeness (QED) is 0.264. The highest BCUT2D eigenvalue weighted by molar-refractivity contribution is 6.32. The molecule has 0 saturated carbocycles. The molecule has 0 fully saturated rings. The molecule has 0 aromatic heterocycles. The lowest BCUT2D eigenvalue weighted by Gasteiger charge is -2.29. The van der Waals surface area contributed by atoms with Crippen LogP contribution in [0.1, 0.15) is 46.8 Å². The topological polar surface area (TPSA) is 64.6 Å². The van der Waals surface area contributed by atoms with Crippen LogP contribution in [0.2, 0.25) is 5.02 Å². The Hall–Kier alpha value is -4.35. The minimum atomic E-state index is -0.632. The van der Waals surface area contributed by atoms with Crippen molar-refractivity contribution in [2.75, 3.05) is 6.61 Å². The predicted molar refractivity (Wildman–Crippen MR) is 153 cm³/mol. The summed E-state index contributed by atoms with van der Waals surface area (Å²) < 4.78 is 11.5. The molecule has 1 N–H and O–H groups in total. The van der Waals surface area contributed by atoms with E-state index in [0.717, 1.165) is 27.8 Å². The number of rotatable bonds is 6. The van der Waals surface area contributed by atoms with Crippen LogP contribution in [-0.2, 0) is 16.1 Å². The van der Waals surface area contributed by atoms with E-state index in [4.69, 9.17) is 21.1 Å². The van der Waals surface area contributed by atoms with Crippen LogP contribution in [0.5, 0.6) is 5.75 Å². The maximum absolute atomic E-state index is 13.6. The largest absolute Gasteiger partial charge is 0.487 e. The molecule has 0 radical (unpaired) electrons. The van der Waals surface area contributed by atoms with E-state index in [1.165, 1.54) is 5.39 Å². The second kappa shape index (κ2) is 10.1. The summed E-state index contributed by atoms with van der Waals surface area (Å²) in [4.78, 5) is 26.8. The first-order valence-electron chi connectivity index (χ1n) is 12.9. The molecule has 5 nitrogen and oxygen atoms in total. The Morgan fingerprint density at radius 3 is 2.44 bits per heavy atom. The molecular weight excluding hydrogens is 510 g/mol. The molecule has 0 amide bonds. The number of allylic oxidation sites excluding steroid dienone is 2. The van der Waals surface area contributed by atoms with Crippen LogP contribution < -0.4 is 10.1 Å². The summed E-state index contributed by atoms with van der Waals surface area (Å²) in [6.45, 7) is 4.17. The molecule has 6 rings (SSSR count). The number of ether oxygens (including phenoxy) is 2. The van der Waals surface area contributed by atoms with E-state index in [2.05, 4.69) is 29.6 Å². The molecule has 0 spiro atoms. The van der Waals surface area contributed by atoms with Gasteiger partial charge < -0.3 is 14.8 Å². The molecule has 4 aromatic carbocycles. The van der Waals surface area contributed by atoms with Crippen LogP contribution in [0.3, 0.4) is 0 Å². The fourth-order valence-corrected chi connectivity index (χ4v) is 5.69. The summed E-state index contributed by atoms with van der Waals surface area (Å²) in [6.07, 6.45) is 0. The van der Waals surface area contributed by atoms with Crippen molar-refractivity contribution in [1.29, 1.82) is 0 Å². The zero-order valence-electron chi connectivity index (χ0n) is 21.6. The normalized spacial score (nSPS) is 16.2. The van der Waals surface area contributed by atoms with Crippen molar-refractivity contribution < 1.29 is 19.1 Å². The standard InChI is InChI=1S/C33H26ClNO4/c1-3-38-33(37)28-19(2)35-31-24-10-6-7-11-25(24)32(36)30(31)29(28)23-14-15-27(26(34)17-23)39-18-20-12-13-21-8-4-5-9-22(21)16-20/h4-17,29,35H,3,18H2,1-2H3/t29-/m0/s1. The molecule has 194 valence electrons. The van der Waals surface area contributed by atoms with E-state index in [1.807, 2.05) is 55.5 Å². The highest BCUT2D eigenvalue weighted by atomic mass is 35.5. The van der Waals surface area contributed by atoms with Crippen molar-refractivity contribution in [3.8, 4) is 5.75 Å². The number of fused-ring (bicyclic) bond motifs is 3. The fraction of sp³-hybridized carbons (Fsp3) is 0.152. The number of hydrogen-bond donors (Lipinski definition) is 1. The van der Waals surface area contributed by atoms with Crippen molar-refractivity contribution in [2.45, 2.75) is 26.4 Å². The number of Topliss-reactive ketones (excluding diaryl/α,β-unsaturated/α-hetero) is 1. The molecule has 1 aliphatic heterocycles. The first-order valence-corrected chi connectivity index (χ1v) is 13.3. The van der Waals surface area contributed by atoms with Crippen LogP contribution in [0.4, 0.5) is 0 Å². The molecule has 0 unspecified atom stereocenters. The second-order valence-electron chi connectivity index (χ2n) is 9.64. The van der Waals surface area contributed by atoms with E-state index in [9.17, 15) is 9.59 Å². The summed E-state index contributed by atoms with van der Waals surface area (Å²) >= 11 is 6.73. The van der Waals surface area contributed by atoms with Gasteiger partial charge in [-0.3, -0.25) is 4.79 Å². The van der Waals surface area contributed by atoms with Gasteiger partial charge in [-0.15, -0.1) is 0 Å². The summed E-state index contributed by atoms with van der Waals surface area (Å²) in [5, 5.41) is 6.03. The van der Waals surface area contributed by atoms with Crippen LogP contribution in [0.15, 0.2) is 102 Å². The second-order valence-corrected chi connectivity index (χ2v) is 10.0. The lowest BCUT2D eigenvalue weighted by Crippen LogP contribution is -2.29. The van der Waals surface area contributed by atoms with Gasteiger partial charge in [0.1, 0.15) is 12.4 Å². The maximum Gasteiger partial charge on any atom is 0.336 e. The minimum Gasteiger partial charge on any atom is -0.487 e. The fourth-order valence-electron chi connectivity index (χ4n) is 5.45.